The number of benzene rings is 1. The van der Waals surface area contributed by atoms with Crippen LogP contribution >= 0.6 is 0 Å². The fourth-order valence-electron chi connectivity index (χ4n) is 4.76. The number of nitrogens with one attached hydrogen (secondary N) is 2. The Morgan fingerprint density at radius 1 is 0.939 bits per heavy atom. The lowest BCUT2D eigenvalue weighted by atomic mass is 9.93. The summed E-state index contributed by atoms with van der Waals surface area (Å²) in [5.74, 6) is -2.74. The molecule has 5 rings (SSSR count). The molecular formula is C22H25F3N6O2. The zero-order valence-corrected chi connectivity index (χ0v) is 17.8. The summed E-state index contributed by atoms with van der Waals surface area (Å²) in [6.45, 7) is 0. The summed E-state index contributed by atoms with van der Waals surface area (Å²) >= 11 is 0. The molecule has 2 aromatic heterocycles. The fourth-order valence-corrected chi connectivity index (χ4v) is 4.76. The molecule has 0 unspecified atom stereocenters. The number of rotatable bonds is 5. The molecule has 2 aliphatic rings. The zero-order chi connectivity index (χ0) is 23.1. The van der Waals surface area contributed by atoms with E-state index in [9.17, 15) is 23.4 Å². The summed E-state index contributed by atoms with van der Waals surface area (Å²) in [4.78, 5) is 13.3. The number of anilines is 3. The van der Waals surface area contributed by atoms with Gasteiger partial charge in [0.1, 0.15) is 17.0 Å². The number of nitrogens with zero attached hydrogens (tertiary/aromatic N) is 4. The van der Waals surface area contributed by atoms with E-state index in [1.807, 2.05) is 0 Å². The Morgan fingerprint density at radius 3 is 2.33 bits per heavy atom. The fraction of sp³-hybridized carbons (Fsp3) is 0.500. The molecule has 3 aromatic rings. The first-order valence-electron chi connectivity index (χ1n) is 11.2. The molecule has 2 heterocycles. The number of hydrogen-bond acceptors (Lipinski definition) is 7. The van der Waals surface area contributed by atoms with Crippen LogP contribution in [0.2, 0.25) is 0 Å². The molecule has 0 amide bonds. The van der Waals surface area contributed by atoms with Crippen molar-refractivity contribution in [2.45, 2.75) is 69.2 Å². The van der Waals surface area contributed by atoms with Crippen molar-refractivity contribution in [2.75, 3.05) is 10.6 Å². The lowest BCUT2D eigenvalue weighted by molar-refractivity contribution is 0.126. The van der Waals surface area contributed by atoms with E-state index >= 15 is 0 Å². The van der Waals surface area contributed by atoms with E-state index in [0.29, 0.717) is 54.9 Å². The average molecular weight is 462 g/mol. The van der Waals surface area contributed by atoms with Gasteiger partial charge in [-0.15, -0.1) is 0 Å². The highest BCUT2D eigenvalue weighted by molar-refractivity contribution is 5.77. The Morgan fingerprint density at radius 2 is 1.67 bits per heavy atom. The molecule has 0 bridgehead atoms. The normalized spacial score (nSPS) is 25.5. The Kier molecular flexibility index (Phi) is 5.83. The Bertz CT molecular complexity index is 1140. The van der Waals surface area contributed by atoms with Crippen LogP contribution in [-0.2, 0) is 0 Å². The minimum atomic E-state index is -1.09. The van der Waals surface area contributed by atoms with Crippen LogP contribution in [0.5, 0.6) is 0 Å². The molecule has 0 spiro atoms. The van der Waals surface area contributed by atoms with Crippen LogP contribution in [0.25, 0.3) is 11.2 Å². The molecule has 2 atom stereocenters. The van der Waals surface area contributed by atoms with E-state index < -0.39 is 35.3 Å². The molecule has 0 radical (unpaired) electrons. The van der Waals surface area contributed by atoms with Gasteiger partial charge in [-0.1, -0.05) is 0 Å². The van der Waals surface area contributed by atoms with Gasteiger partial charge in [0.05, 0.1) is 24.4 Å². The quantitative estimate of drug-likeness (QED) is 0.457. The largest absolute Gasteiger partial charge is 0.393 e. The van der Waals surface area contributed by atoms with Gasteiger partial charge in [0.15, 0.2) is 17.3 Å². The van der Waals surface area contributed by atoms with Crippen LogP contribution in [0.1, 0.15) is 51.0 Å². The third-order valence-electron chi connectivity index (χ3n) is 6.48. The molecular weight excluding hydrogens is 437 g/mol. The predicted molar refractivity (Wildman–Crippen MR) is 116 cm³/mol. The summed E-state index contributed by atoms with van der Waals surface area (Å²) in [5, 5.41) is 26.2. The number of imidazole rings is 1. The molecule has 2 fully saturated rings. The number of halogens is 3. The van der Waals surface area contributed by atoms with E-state index in [2.05, 4.69) is 25.6 Å². The molecule has 0 aliphatic heterocycles. The number of aliphatic hydroxyl groups is 2. The first kappa shape index (κ1) is 21.9. The summed E-state index contributed by atoms with van der Waals surface area (Å²) in [7, 11) is 0. The Balaban J connectivity index is 1.53. The minimum absolute atomic E-state index is 0.0904. The molecule has 176 valence electrons. The van der Waals surface area contributed by atoms with Crippen molar-refractivity contribution in [3.05, 3.63) is 35.8 Å². The van der Waals surface area contributed by atoms with Crippen LogP contribution in [-0.4, -0.2) is 48.0 Å². The van der Waals surface area contributed by atoms with Crippen molar-refractivity contribution in [1.29, 1.82) is 0 Å². The van der Waals surface area contributed by atoms with E-state index in [-0.39, 0.29) is 18.1 Å². The van der Waals surface area contributed by atoms with Gasteiger partial charge in [-0.25, -0.2) is 23.1 Å². The molecule has 0 saturated heterocycles. The van der Waals surface area contributed by atoms with Crippen molar-refractivity contribution in [2.24, 2.45) is 0 Å². The number of hydrogen-bond donors (Lipinski definition) is 4. The predicted octanol–water partition coefficient (Wildman–Crippen LogP) is 3.79. The minimum Gasteiger partial charge on any atom is -0.393 e. The van der Waals surface area contributed by atoms with Gasteiger partial charge in [0.2, 0.25) is 11.9 Å². The molecule has 8 nitrogen and oxygen atoms in total. The van der Waals surface area contributed by atoms with Crippen molar-refractivity contribution < 1.29 is 23.4 Å². The van der Waals surface area contributed by atoms with Crippen molar-refractivity contribution in [3.63, 3.8) is 0 Å². The molecule has 11 heteroatoms. The maximum atomic E-state index is 14.3. The van der Waals surface area contributed by atoms with E-state index in [4.69, 9.17) is 0 Å². The van der Waals surface area contributed by atoms with Gasteiger partial charge in [-0.05, 0) is 44.9 Å². The molecule has 2 aliphatic carbocycles. The third kappa shape index (κ3) is 4.34. The SMILES string of the molecule is OC1CCC(Nc2ncc3nc(Nc4c(F)cc(F)cc4F)n([C@@H]4CCC[C@H]4O)c3n2)CC1. The smallest absolute Gasteiger partial charge is 0.224 e. The van der Waals surface area contributed by atoms with Crippen LogP contribution in [0.15, 0.2) is 18.3 Å². The van der Waals surface area contributed by atoms with Gasteiger partial charge in [-0.3, -0.25) is 4.57 Å². The molecule has 33 heavy (non-hydrogen) atoms. The van der Waals surface area contributed by atoms with Crippen molar-refractivity contribution in [3.8, 4) is 0 Å². The zero-order valence-electron chi connectivity index (χ0n) is 17.8. The second-order valence-electron chi connectivity index (χ2n) is 8.79. The highest BCUT2D eigenvalue weighted by Gasteiger charge is 2.32. The lowest BCUT2D eigenvalue weighted by Crippen LogP contribution is -2.29. The molecule has 1 aromatic carbocycles. The number of aromatic nitrogens is 4. The topological polar surface area (TPSA) is 108 Å². The van der Waals surface area contributed by atoms with Crippen molar-refractivity contribution >= 4 is 28.7 Å². The molecule has 4 N–H and O–H groups in total. The Hall–Kier alpha value is -2.92. The number of aliphatic hydroxyl groups excluding tert-OH is 2. The molecule has 2 saturated carbocycles. The van der Waals surface area contributed by atoms with E-state index in [1.165, 1.54) is 6.20 Å². The monoisotopic (exact) mass is 462 g/mol. The summed E-state index contributed by atoms with van der Waals surface area (Å²) in [6.07, 6.45) is 5.57. The summed E-state index contributed by atoms with van der Waals surface area (Å²) < 4.78 is 43.6. The van der Waals surface area contributed by atoms with Crippen LogP contribution in [0.3, 0.4) is 0 Å². The maximum absolute atomic E-state index is 14.3. The highest BCUT2D eigenvalue weighted by Crippen LogP contribution is 2.37. The van der Waals surface area contributed by atoms with Crippen LogP contribution in [0.4, 0.5) is 30.8 Å². The number of fused-ring (bicyclic) bond motifs is 1. The van der Waals surface area contributed by atoms with E-state index in [1.54, 1.807) is 4.57 Å². The van der Waals surface area contributed by atoms with Crippen molar-refractivity contribution in [1.82, 2.24) is 19.5 Å². The van der Waals surface area contributed by atoms with Gasteiger partial charge in [-0.2, -0.15) is 4.98 Å². The maximum Gasteiger partial charge on any atom is 0.224 e. The lowest BCUT2D eigenvalue weighted by Gasteiger charge is -2.26. The third-order valence-corrected chi connectivity index (χ3v) is 6.48. The van der Waals surface area contributed by atoms with Gasteiger partial charge in [0.25, 0.3) is 0 Å². The standard InChI is InChI=1S/C22H25F3N6O2/c23-11-8-14(24)19(15(25)9-11)29-22-28-16-10-26-21(27-12-4-6-13(32)7-5-12)30-20(16)31(22)17-2-1-3-18(17)33/h8-10,12-13,17-18,32-33H,1-7H2,(H,28,29)(H,26,27,30)/t12?,13?,17-,18-/m1/s1. The van der Waals surface area contributed by atoms with Gasteiger partial charge < -0.3 is 20.8 Å². The second-order valence-corrected chi connectivity index (χ2v) is 8.79. The Labute approximate surface area is 187 Å². The van der Waals surface area contributed by atoms with Crippen LogP contribution < -0.4 is 10.6 Å². The second kappa shape index (κ2) is 8.79. The first-order chi connectivity index (χ1) is 15.9. The van der Waals surface area contributed by atoms with Crippen LogP contribution in [0, 0.1) is 17.5 Å². The summed E-state index contributed by atoms with van der Waals surface area (Å²) in [6, 6.07) is 0.910. The highest BCUT2D eigenvalue weighted by atomic mass is 19.1. The average Bonchev–Trinajstić information content (AvgIpc) is 3.34. The van der Waals surface area contributed by atoms with Gasteiger partial charge >= 0.3 is 0 Å². The first-order valence-corrected chi connectivity index (χ1v) is 11.2. The van der Waals surface area contributed by atoms with Gasteiger partial charge in [0, 0.05) is 18.2 Å². The van der Waals surface area contributed by atoms with E-state index in [0.717, 1.165) is 19.3 Å². The summed E-state index contributed by atoms with van der Waals surface area (Å²) in [5.41, 5.74) is 0.274.